The number of aromatic nitrogens is 2. The normalized spacial score (nSPS) is 20.8. The number of halogens is 3. The van der Waals surface area contributed by atoms with Crippen LogP contribution >= 0.6 is 11.8 Å². The number of nitrogens with zero attached hydrogens (tertiary/aromatic N) is 3. The van der Waals surface area contributed by atoms with E-state index in [0.717, 1.165) is 43.9 Å². The van der Waals surface area contributed by atoms with Gasteiger partial charge >= 0.3 is 6.18 Å². The minimum atomic E-state index is -4.58. The Morgan fingerprint density at radius 3 is 2.75 bits per heavy atom. The van der Waals surface area contributed by atoms with Crippen LogP contribution in [-0.2, 0) is 11.0 Å². The maximum atomic E-state index is 13.4. The van der Waals surface area contributed by atoms with Crippen LogP contribution < -0.4 is 9.64 Å². The zero-order valence-electron chi connectivity index (χ0n) is 17.8. The first-order valence-corrected chi connectivity index (χ1v) is 11.7. The zero-order valence-corrected chi connectivity index (χ0v) is 18.6. The molecule has 0 saturated carbocycles. The number of amides is 1. The van der Waals surface area contributed by atoms with Crippen molar-refractivity contribution in [3.63, 3.8) is 0 Å². The van der Waals surface area contributed by atoms with Crippen LogP contribution in [0.15, 0.2) is 35.5 Å². The van der Waals surface area contributed by atoms with Crippen molar-refractivity contribution in [2.45, 2.75) is 36.6 Å². The lowest BCUT2D eigenvalue weighted by molar-refractivity contribution is -0.916. The second kappa shape index (κ2) is 9.66. The molecule has 2 fully saturated rings. The Morgan fingerprint density at radius 2 is 2.03 bits per heavy atom. The molecule has 0 bridgehead atoms. The summed E-state index contributed by atoms with van der Waals surface area (Å²) in [6.07, 6.45) is -1.97. The molecule has 2 aliphatic heterocycles. The molecular formula is C22H26F3N4O2S+. The van der Waals surface area contributed by atoms with Gasteiger partial charge in [-0.1, -0.05) is 11.8 Å². The van der Waals surface area contributed by atoms with Gasteiger partial charge in [0.1, 0.15) is 17.5 Å². The molecule has 0 aliphatic carbocycles. The van der Waals surface area contributed by atoms with Crippen LogP contribution in [0, 0.1) is 0 Å². The number of quaternary nitrogens is 1. The first-order chi connectivity index (χ1) is 15.3. The van der Waals surface area contributed by atoms with Crippen LogP contribution in [0.2, 0.25) is 0 Å². The highest BCUT2D eigenvalue weighted by molar-refractivity contribution is 7.99. The number of thioether (sulfide) groups is 1. The number of benzene rings is 1. The number of carbonyl (C=O) groups is 1. The third kappa shape index (κ3) is 5.35. The number of ether oxygens (including phenoxy) is 1. The molecule has 1 N–H and O–H groups in total. The molecule has 172 valence electrons. The maximum Gasteiger partial charge on any atom is 0.433 e. The Morgan fingerprint density at radius 1 is 1.25 bits per heavy atom. The van der Waals surface area contributed by atoms with E-state index in [1.165, 1.54) is 20.1 Å². The first kappa shape index (κ1) is 22.8. The summed E-state index contributed by atoms with van der Waals surface area (Å²) in [5.74, 6) is 0.984. The quantitative estimate of drug-likeness (QED) is 0.523. The molecule has 2 atom stereocenters. The number of methoxy groups -OCH3 is 1. The van der Waals surface area contributed by atoms with Crippen molar-refractivity contribution in [3.05, 3.63) is 36.0 Å². The fourth-order valence-corrected chi connectivity index (χ4v) is 5.11. The van der Waals surface area contributed by atoms with E-state index in [4.69, 9.17) is 4.74 Å². The minimum Gasteiger partial charge on any atom is -0.497 e. The van der Waals surface area contributed by atoms with Gasteiger partial charge in [0, 0.05) is 30.6 Å². The standard InChI is InChI=1S/C22H25F3N4O2S/c1-31-17-6-4-15(5-7-17)18-13-19(22(23,24)25)27-21(26-18)32-12-8-20(30)29-11-10-28-9-2-3-16(28)14-29/h4-7,13,16H,2-3,8-12,14H2,1H3/p+1. The second-order valence-electron chi connectivity index (χ2n) is 8.08. The third-order valence-electron chi connectivity index (χ3n) is 6.05. The minimum absolute atomic E-state index is 0.0171. The number of hydrogen-bond acceptors (Lipinski definition) is 5. The number of rotatable bonds is 6. The average Bonchev–Trinajstić information content (AvgIpc) is 3.26. The van der Waals surface area contributed by atoms with Gasteiger partial charge in [0.25, 0.3) is 0 Å². The van der Waals surface area contributed by atoms with Gasteiger partial charge in [-0.25, -0.2) is 9.97 Å². The molecule has 2 unspecified atom stereocenters. The van der Waals surface area contributed by atoms with Gasteiger partial charge in [0.05, 0.1) is 39.0 Å². The number of fused-ring (bicyclic) bond motifs is 1. The molecule has 0 spiro atoms. The molecule has 32 heavy (non-hydrogen) atoms. The van der Waals surface area contributed by atoms with Crippen LogP contribution in [0.4, 0.5) is 13.2 Å². The van der Waals surface area contributed by atoms with Crippen molar-refractivity contribution < 1.29 is 27.6 Å². The largest absolute Gasteiger partial charge is 0.497 e. The summed E-state index contributed by atoms with van der Waals surface area (Å²) in [6, 6.07) is 8.12. The molecule has 1 aromatic carbocycles. The summed E-state index contributed by atoms with van der Waals surface area (Å²) < 4.78 is 45.3. The molecule has 1 aromatic heterocycles. The molecule has 2 saturated heterocycles. The Hall–Kier alpha value is -2.33. The van der Waals surface area contributed by atoms with Gasteiger partial charge < -0.3 is 14.5 Å². The van der Waals surface area contributed by atoms with E-state index in [0.29, 0.717) is 23.1 Å². The first-order valence-electron chi connectivity index (χ1n) is 10.7. The van der Waals surface area contributed by atoms with Crippen molar-refractivity contribution in [1.29, 1.82) is 0 Å². The highest BCUT2D eigenvalue weighted by Gasteiger charge is 2.36. The van der Waals surface area contributed by atoms with Crippen LogP contribution in [0.3, 0.4) is 0 Å². The summed E-state index contributed by atoms with van der Waals surface area (Å²) >= 11 is 1.08. The average molecular weight is 468 g/mol. The monoisotopic (exact) mass is 467 g/mol. The van der Waals surface area contributed by atoms with E-state index in [9.17, 15) is 18.0 Å². The fourth-order valence-electron chi connectivity index (χ4n) is 4.33. The van der Waals surface area contributed by atoms with Gasteiger partial charge in [0.15, 0.2) is 5.16 Å². The van der Waals surface area contributed by atoms with Gasteiger partial charge in [-0.15, -0.1) is 0 Å². The summed E-state index contributed by atoms with van der Waals surface area (Å²) in [5.41, 5.74) is -0.273. The second-order valence-corrected chi connectivity index (χ2v) is 9.14. The van der Waals surface area contributed by atoms with Crippen molar-refractivity contribution in [3.8, 4) is 17.0 Å². The van der Waals surface area contributed by atoms with Crippen molar-refractivity contribution >= 4 is 17.7 Å². The van der Waals surface area contributed by atoms with E-state index < -0.39 is 11.9 Å². The lowest BCUT2D eigenvalue weighted by Crippen LogP contribution is -3.16. The molecule has 3 heterocycles. The highest BCUT2D eigenvalue weighted by Crippen LogP contribution is 2.32. The smallest absolute Gasteiger partial charge is 0.433 e. The van der Waals surface area contributed by atoms with E-state index in [-0.39, 0.29) is 23.2 Å². The van der Waals surface area contributed by atoms with E-state index in [2.05, 4.69) is 9.97 Å². The van der Waals surface area contributed by atoms with E-state index in [1.807, 2.05) is 4.90 Å². The van der Waals surface area contributed by atoms with Crippen LogP contribution in [0.1, 0.15) is 25.0 Å². The van der Waals surface area contributed by atoms with Gasteiger partial charge in [-0.2, -0.15) is 13.2 Å². The highest BCUT2D eigenvalue weighted by atomic mass is 32.2. The fraction of sp³-hybridized carbons (Fsp3) is 0.500. The molecule has 1 amide bonds. The topological polar surface area (TPSA) is 59.8 Å². The van der Waals surface area contributed by atoms with Crippen molar-refractivity contribution in [2.24, 2.45) is 0 Å². The molecule has 6 nitrogen and oxygen atoms in total. The lowest BCUT2D eigenvalue weighted by atomic mass is 10.1. The summed E-state index contributed by atoms with van der Waals surface area (Å²) in [5, 5.41) is 0.0171. The van der Waals surface area contributed by atoms with Crippen molar-refractivity contribution in [2.75, 3.05) is 39.0 Å². The zero-order chi connectivity index (χ0) is 22.7. The Labute approximate surface area is 189 Å². The summed E-state index contributed by atoms with van der Waals surface area (Å²) in [7, 11) is 1.52. The van der Waals surface area contributed by atoms with E-state index >= 15 is 0 Å². The predicted molar refractivity (Wildman–Crippen MR) is 115 cm³/mol. The Bertz CT molecular complexity index is 955. The molecule has 2 aromatic rings. The summed E-state index contributed by atoms with van der Waals surface area (Å²) in [6.45, 7) is 3.69. The predicted octanol–water partition coefficient (Wildman–Crippen LogP) is 2.54. The molecule has 2 aliphatic rings. The lowest BCUT2D eigenvalue weighted by Gasteiger charge is -2.34. The van der Waals surface area contributed by atoms with Crippen LogP contribution in [0.25, 0.3) is 11.3 Å². The summed E-state index contributed by atoms with van der Waals surface area (Å²) in [4.78, 5) is 24.1. The van der Waals surface area contributed by atoms with E-state index in [1.54, 1.807) is 29.2 Å². The Balaban J connectivity index is 1.42. The van der Waals surface area contributed by atoms with Crippen molar-refractivity contribution in [1.82, 2.24) is 14.9 Å². The number of piperazine rings is 1. The molecular weight excluding hydrogens is 441 g/mol. The number of alkyl halides is 3. The van der Waals surface area contributed by atoms with Gasteiger partial charge in [-0.3, -0.25) is 4.79 Å². The van der Waals surface area contributed by atoms with Gasteiger partial charge in [0.2, 0.25) is 5.91 Å². The maximum absolute atomic E-state index is 13.4. The van der Waals surface area contributed by atoms with Gasteiger partial charge in [-0.05, 0) is 30.3 Å². The SMILES string of the molecule is COc1ccc(-c2cc(C(F)(F)F)nc(SCCC(=O)N3CC[NH+]4CCCC4C3)n2)cc1. The molecule has 4 rings (SSSR count). The number of hydrogen-bond donors (Lipinski definition) is 1. The van der Waals surface area contributed by atoms with Crippen LogP contribution in [-0.4, -0.2) is 65.9 Å². The van der Waals surface area contributed by atoms with Crippen LogP contribution in [0.5, 0.6) is 5.75 Å². The Kier molecular flexibility index (Phi) is 6.90. The third-order valence-corrected chi connectivity index (χ3v) is 6.90. The molecule has 10 heteroatoms. The number of carbonyl (C=O) groups excluding carboxylic acids is 1. The molecule has 0 radical (unpaired) electrons. The number of nitrogens with one attached hydrogen (secondary N) is 1.